The molecule has 37 heavy (non-hydrogen) atoms. The SMILES string of the molecule is CCCC[C@H](NC(=O)[C@@H]1CCCN1C(=O)[C@@H](Cc1ccccc1)NC(=O)OCc1ccccc1)B(O)O. The second-order valence-corrected chi connectivity index (χ2v) is 9.31. The predicted molar refractivity (Wildman–Crippen MR) is 140 cm³/mol. The number of alkyl carbamates (subject to hydrolysis) is 1. The van der Waals surface area contributed by atoms with Gasteiger partial charge in [0, 0.05) is 13.0 Å². The molecule has 1 saturated heterocycles. The van der Waals surface area contributed by atoms with Crippen molar-refractivity contribution < 1.29 is 29.2 Å². The third-order valence-electron chi connectivity index (χ3n) is 6.48. The molecule has 1 heterocycles. The van der Waals surface area contributed by atoms with Crippen molar-refractivity contribution in [2.75, 3.05) is 6.54 Å². The monoisotopic (exact) mass is 509 g/mol. The van der Waals surface area contributed by atoms with Crippen LogP contribution in [0.2, 0.25) is 0 Å². The molecule has 3 rings (SSSR count). The summed E-state index contributed by atoms with van der Waals surface area (Å²) in [6, 6.07) is 16.9. The number of unbranched alkanes of at least 4 members (excludes halogenated alkanes) is 1. The highest BCUT2D eigenvalue weighted by atomic mass is 16.5. The van der Waals surface area contributed by atoms with Crippen molar-refractivity contribution in [1.29, 1.82) is 0 Å². The van der Waals surface area contributed by atoms with Gasteiger partial charge in [-0.1, -0.05) is 80.4 Å². The Morgan fingerprint density at radius 1 is 1.03 bits per heavy atom. The van der Waals surface area contributed by atoms with Crippen LogP contribution in [0.25, 0.3) is 0 Å². The topological polar surface area (TPSA) is 128 Å². The van der Waals surface area contributed by atoms with E-state index < -0.39 is 37.1 Å². The molecule has 4 N–H and O–H groups in total. The zero-order chi connectivity index (χ0) is 26.6. The van der Waals surface area contributed by atoms with Crippen LogP contribution in [0, 0.1) is 0 Å². The molecule has 0 spiro atoms. The van der Waals surface area contributed by atoms with Crippen LogP contribution >= 0.6 is 0 Å². The summed E-state index contributed by atoms with van der Waals surface area (Å²) >= 11 is 0. The van der Waals surface area contributed by atoms with E-state index in [1.165, 1.54) is 4.90 Å². The summed E-state index contributed by atoms with van der Waals surface area (Å²) in [6.07, 6.45) is 2.59. The first-order valence-electron chi connectivity index (χ1n) is 12.9. The molecule has 3 atom stereocenters. The van der Waals surface area contributed by atoms with E-state index in [0.29, 0.717) is 25.8 Å². The summed E-state index contributed by atoms with van der Waals surface area (Å²) in [5.74, 6) is -1.62. The van der Waals surface area contributed by atoms with Gasteiger partial charge in [-0.15, -0.1) is 0 Å². The van der Waals surface area contributed by atoms with Crippen LogP contribution in [0.15, 0.2) is 60.7 Å². The Morgan fingerprint density at radius 2 is 1.68 bits per heavy atom. The highest BCUT2D eigenvalue weighted by Gasteiger charge is 2.39. The van der Waals surface area contributed by atoms with Crippen LogP contribution in [-0.2, 0) is 27.4 Å². The second-order valence-electron chi connectivity index (χ2n) is 9.31. The summed E-state index contributed by atoms with van der Waals surface area (Å²) in [5.41, 5.74) is 1.68. The molecule has 0 aliphatic carbocycles. The van der Waals surface area contributed by atoms with E-state index in [1.54, 1.807) is 0 Å². The quantitative estimate of drug-likeness (QED) is 0.325. The van der Waals surface area contributed by atoms with Crippen molar-refractivity contribution in [3.8, 4) is 0 Å². The Labute approximate surface area is 218 Å². The summed E-state index contributed by atoms with van der Waals surface area (Å²) in [5, 5.41) is 24.8. The minimum atomic E-state index is -1.69. The minimum absolute atomic E-state index is 0.0658. The van der Waals surface area contributed by atoms with Crippen LogP contribution < -0.4 is 10.6 Å². The van der Waals surface area contributed by atoms with Crippen molar-refractivity contribution in [1.82, 2.24) is 15.5 Å². The Morgan fingerprint density at radius 3 is 2.30 bits per heavy atom. The van der Waals surface area contributed by atoms with Gasteiger partial charge in [0.25, 0.3) is 0 Å². The zero-order valence-electron chi connectivity index (χ0n) is 21.2. The highest BCUT2D eigenvalue weighted by Crippen LogP contribution is 2.20. The summed E-state index contributed by atoms with van der Waals surface area (Å²) in [7, 11) is -1.69. The van der Waals surface area contributed by atoms with E-state index in [4.69, 9.17) is 4.74 Å². The molecule has 2 aromatic rings. The number of hydrogen-bond acceptors (Lipinski definition) is 6. The van der Waals surface area contributed by atoms with Gasteiger partial charge in [-0.3, -0.25) is 9.59 Å². The number of nitrogens with one attached hydrogen (secondary N) is 2. The first-order chi connectivity index (χ1) is 17.9. The van der Waals surface area contributed by atoms with E-state index in [-0.39, 0.29) is 18.9 Å². The molecule has 9 nitrogen and oxygen atoms in total. The van der Waals surface area contributed by atoms with Crippen LogP contribution in [0.1, 0.15) is 50.2 Å². The summed E-state index contributed by atoms with van der Waals surface area (Å²) in [6.45, 7) is 2.41. The van der Waals surface area contributed by atoms with Crippen LogP contribution in [0.4, 0.5) is 4.79 Å². The maximum Gasteiger partial charge on any atom is 0.475 e. The molecule has 0 unspecified atom stereocenters. The number of rotatable bonds is 12. The number of likely N-dealkylation sites (tertiary alicyclic amines) is 1. The number of carbonyl (C=O) groups is 3. The normalized spacial score (nSPS) is 16.5. The molecule has 1 aliphatic heterocycles. The summed E-state index contributed by atoms with van der Waals surface area (Å²) in [4.78, 5) is 40.8. The molecule has 0 aromatic heterocycles. The Hall–Kier alpha value is -3.37. The van der Waals surface area contributed by atoms with Crippen molar-refractivity contribution in [3.05, 3.63) is 71.8 Å². The van der Waals surface area contributed by atoms with Crippen LogP contribution in [0.3, 0.4) is 0 Å². The fourth-order valence-electron chi connectivity index (χ4n) is 4.46. The average molecular weight is 509 g/mol. The molecule has 0 saturated carbocycles. The summed E-state index contributed by atoms with van der Waals surface area (Å²) < 4.78 is 5.34. The Balaban J connectivity index is 1.70. The van der Waals surface area contributed by atoms with Crippen molar-refractivity contribution in [2.45, 2.75) is 70.1 Å². The highest BCUT2D eigenvalue weighted by molar-refractivity contribution is 6.43. The van der Waals surface area contributed by atoms with Gasteiger partial charge >= 0.3 is 13.2 Å². The fraction of sp³-hybridized carbons (Fsp3) is 0.444. The van der Waals surface area contributed by atoms with E-state index in [9.17, 15) is 24.4 Å². The van der Waals surface area contributed by atoms with Gasteiger partial charge in [-0.25, -0.2) is 4.79 Å². The molecule has 0 radical (unpaired) electrons. The Bertz CT molecular complexity index is 1010. The van der Waals surface area contributed by atoms with E-state index in [0.717, 1.165) is 24.0 Å². The molecule has 198 valence electrons. The van der Waals surface area contributed by atoms with Gasteiger partial charge in [0.1, 0.15) is 18.7 Å². The van der Waals surface area contributed by atoms with Crippen LogP contribution in [0.5, 0.6) is 0 Å². The van der Waals surface area contributed by atoms with Crippen molar-refractivity contribution in [3.63, 3.8) is 0 Å². The predicted octanol–water partition coefficient (Wildman–Crippen LogP) is 2.20. The lowest BCUT2D eigenvalue weighted by Gasteiger charge is -2.30. The largest absolute Gasteiger partial charge is 0.475 e. The number of amides is 3. The molecule has 0 bridgehead atoms. The molecule has 2 aromatic carbocycles. The van der Waals surface area contributed by atoms with Gasteiger partial charge in [0.2, 0.25) is 11.8 Å². The number of hydrogen-bond donors (Lipinski definition) is 4. The minimum Gasteiger partial charge on any atom is -0.445 e. The third kappa shape index (κ3) is 8.61. The molecule has 10 heteroatoms. The van der Waals surface area contributed by atoms with Crippen molar-refractivity contribution in [2.24, 2.45) is 0 Å². The first-order valence-corrected chi connectivity index (χ1v) is 12.9. The lowest BCUT2D eigenvalue weighted by Crippen LogP contribution is -2.56. The Kier molecular flexibility index (Phi) is 11.0. The van der Waals surface area contributed by atoms with E-state index in [1.807, 2.05) is 67.6 Å². The number of carbonyl (C=O) groups excluding carboxylic acids is 3. The molecule has 3 amide bonds. The molecule has 1 aliphatic rings. The molecular weight excluding hydrogens is 473 g/mol. The van der Waals surface area contributed by atoms with Gasteiger partial charge < -0.3 is 30.3 Å². The number of nitrogens with zero attached hydrogens (tertiary/aromatic N) is 1. The average Bonchev–Trinajstić information content (AvgIpc) is 3.40. The van der Waals surface area contributed by atoms with E-state index in [2.05, 4.69) is 10.6 Å². The first kappa shape index (κ1) is 28.2. The van der Waals surface area contributed by atoms with Gasteiger partial charge in [-0.05, 0) is 30.4 Å². The van der Waals surface area contributed by atoms with Crippen LogP contribution in [-0.4, -0.2) is 64.5 Å². The number of benzene rings is 2. The standard InChI is InChI=1S/C27H36BN3O6/c1-2-3-16-24(28(35)36)30-25(32)23-15-10-17-31(23)26(33)22(18-20-11-6-4-7-12-20)29-27(34)37-19-21-13-8-5-9-14-21/h4-9,11-14,22-24,35-36H,2-3,10,15-19H2,1H3,(H,29,34)(H,30,32)/t22-,23+,24+/m1/s1. The van der Waals surface area contributed by atoms with E-state index >= 15 is 0 Å². The molecular formula is C27H36BN3O6. The maximum absolute atomic E-state index is 13.6. The molecule has 1 fully saturated rings. The maximum atomic E-state index is 13.6. The van der Waals surface area contributed by atoms with Gasteiger partial charge in [0.05, 0.1) is 5.94 Å². The van der Waals surface area contributed by atoms with Gasteiger partial charge in [0.15, 0.2) is 0 Å². The second kappa shape index (κ2) is 14.4. The zero-order valence-corrected chi connectivity index (χ0v) is 21.2. The fourth-order valence-corrected chi connectivity index (χ4v) is 4.46. The smallest absolute Gasteiger partial charge is 0.445 e. The lowest BCUT2D eigenvalue weighted by atomic mass is 9.76. The van der Waals surface area contributed by atoms with Gasteiger partial charge in [-0.2, -0.15) is 0 Å². The number of ether oxygens (including phenoxy) is 1. The van der Waals surface area contributed by atoms with Crippen molar-refractivity contribution >= 4 is 25.0 Å². The third-order valence-corrected chi connectivity index (χ3v) is 6.48. The lowest BCUT2D eigenvalue weighted by molar-refractivity contribution is -0.140.